The van der Waals surface area contributed by atoms with Crippen LogP contribution in [0, 0.1) is 20.8 Å². The summed E-state index contributed by atoms with van der Waals surface area (Å²) in [6, 6.07) is 14.2. The number of rotatable bonds is 5. The molecule has 0 aliphatic heterocycles. The van der Waals surface area contributed by atoms with Crippen LogP contribution in [0.2, 0.25) is 0 Å². The van der Waals surface area contributed by atoms with E-state index in [-0.39, 0.29) is 16.7 Å². The molecule has 0 bridgehead atoms. The highest BCUT2D eigenvalue weighted by molar-refractivity contribution is 7.99. The molecule has 158 valence electrons. The van der Waals surface area contributed by atoms with Gasteiger partial charge in [0.2, 0.25) is 0 Å². The fourth-order valence-corrected chi connectivity index (χ4v) is 4.64. The van der Waals surface area contributed by atoms with Crippen molar-refractivity contribution in [3.63, 3.8) is 0 Å². The molecule has 0 amide bonds. The summed E-state index contributed by atoms with van der Waals surface area (Å²) >= 11 is 1.71. The summed E-state index contributed by atoms with van der Waals surface area (Å²) in [4.78, 5) is 13.9. The lowest BCUT2D eigenvalue weighted by Gasteiger charge is -2.19. The third kappa shape index (κ3) is 4.99. The average molecular weight is 423 g/mol. The zero-order valence-electron chi connectivity index (χ0n) is 18.6. The van der Waals surface area contributed by atoms with Gasteiger partial charge in [0, 0.05) is 23.1 Å². The predicted octanol–water partition coefficient (Wildman–Crippen LogP) is 6.57. The van der Waals surface area contributed by atoms with E-state index in [1.165, 1.54) is 10.5 Å². The van der Waals surface area contributed by atoms with Crippen molar-refractivity contribution in [1.29, 1.82) is 0 Å². The summed E-state index contributed by atoms with van der Waals surface area (Å²) in [5.74, 6) is 1.25. The number of thioether (sulfide) groups is 1. The van der Waals surface area contributed by atoms with Crippen LogP contribution < -0.4 is 5.63 Å². The summed E-state index contributed by atoms with van der Waals surface area (Å²) in [6.45, 7) is 12.5. The van der Waals surface area contributed by atoms with Gasteiger partial charge in [-0.15, -0.1) is 11.8 Å². The van der Waals surface area contributed by atoms with Crippen molar-refractivity contribution < 1.29 is 9.52 Å². The summed E-state index contributed by atoms with van der Waals surface area (Å²) in [7, 11) is 0. The SMILES string of the molecule is Cc1cc(C)c(-c2c(O)cc(CCSc3ccc(C(C)(C)C)cc3)oc2=O)c(C)c1. The van der Waals surface area contributed by atoms with Gasteiger partial charge in [-0.3, -0.25) is 0 Å². The van der Waals surface area contributed by atoms with E-state index in [1.807, 2.05) is 32.9 Å². The maximum absolute atomic E-state index is 12.7. The van der Waals surface area contributed by atoms with E-state index in [2.05, 4.69) is 45.0 Å². The second-order valence-electron chi connectivity index (χ2n) is 8.91. The zero-order valence-corrected chi connectivity index (χ0v) is 19.4. The highest BCUT2D eigenvalue weighted by atomic mass is 32.2. The first-order valence-corrected chi connectivity index (χ1v) is 11.2. The largest absolute Gasteiger partial charge is 0.507 e. The van der Waals surface area contributed by atoms with E-state index < -0.39 is 5.63 Å². The number of aromatic hydroxyl groups is 1. The van der Waals surface area contributed by atoms with Gasteiger partial charge in [0.1, 0.15) is 17.1 Å². The molecule has 0 atom stereocenters. The summed E-state index contributed by atoms with van der Waals surface area (Å²) in [5.41, 5.74) is 5.00. The Morgan fingerprint density at radius 2 is 1.53 bits per heavy atom. The minimum Gasteiger partial charge on any atom is -0.507 e. The lowest BCUT2D eigenvalue weighted by molar-refractivity contribution is 0.430. The molecule has 3 nitrogen and oxygen atoms in total. The molecule has 0 aliphatic carbocycles. The van der Waals surface area contributed by atoms with Crippen LogP contribution in [0.3, 0.4) is 0 Å². The van der Waals surface area contributed by atoms with Gasteiger partial charge >= 0.3 is 5.63 Å². The molecule has 1 aromatic heterocycles. The molecule has 1 N–H and O–H groups in total. The fraction of sp³-hybridized carbons (Fsp3) is 0.346. The predicted molar refractivity (Wildman–Crippen MR) is 126 cm³/mol. The standard InChI is InChI=1S/C26H30O3S/c1-16-13-17(2)23(18(3)14-16)24-22(27)15-20(29-25(24)28)11-12-30-21-9-7-19(8-10-21)26(4,5)6/h7-10,13-15,27H,11-12H2,1-6H3. The van der Waals surface area contributed by atoms with Crippen LogP contribution in [-0.2, 0) is 11.8 Å². The lowest BCUT2D eigenvalue weighted by atomic mass is 9.87. The Morgan fingerprint density at radius 1 is 0.933 bits per heavy atom. The Bertz CT molecular complexity index is 1080. The van der Waals surface area contributed by atoms with E-state index in [1.54, 1.807) is 17.8 Å². The first kappa shape index (κ1) is 22.2. The topological polar surface area (TPSA) is 50.4 Å². The van der Waals surface area contributed by atoms with Gasteiger partial charge in [-0.25, -0.2) is 4.79 Å². The lowest BCUT2D eigenvalue weighted by Crippen LogP contribution is -2.10. The normalized spacial score (nSPS) is 11.7. The Kier molecular flexibility index (Phi) is 6.47. The molecule has 0 spiro atoms. The van der Waals surface area contributed by atoms with Gasteiger partial charge in [-0.1, -0.05) is 50.6 Å². The Balaban J connectivity index is 1.74. The van der Waals surface area contributed by atoms with Gasteiger partial charge in [0.15, 0.2) is 0 Å². The van der Waals surface area contributed by atoms with Crippen LogP contribution in [0.15, 0.2) is 56.6 Å². The van der Waals surface area contributed by atoms with E-state index >= 15 is 0 Å². The number of benzene rings is 2. The first-order chi connectivity index (χ1) is 14.1. The van der Waals surface area contributed by atoms with Gasteiger partial charge in [0.25, 0.3) is 0 Å². The molecule has 0 aliphatic rings. The third-order valence-corrected chi connectivity index (χ3v) is 6.26. The van der Waals surface area contributed by atoms with Crippen molar-refractivity contribution in [1.82, 2.24) is 0 Å². The highest BCUT2D eigenvalue weighted by Crippen LogP contribution is 2.33. The summed E-state index contributed by atoms with van der Waals surface area (Å²) in [6.07, 6.45) is 0.570. The maximum Gasteiger partial charge on any atom is 0.347 e. The van der Waals surface area contributed by atoms with Crippen LogP contribution in [0.4, 0.5) is 0 Å². The second kappa shape index (κ2) is 8.73. The van der Waals surface area contributed by atoms with Gasteiger partial charge in [-0.05, 0) is 60.6 Å². The van der Waals surface area contributed by atoms with Gasteiger partial charge in [0.05, 0.1) is 0 Å². The fourth-order valence-electron chi connectivity index (χ4n) is 3.78. The van der Waals surface area contributed by atoms with Crippen molar-refractivity contribution in [2.24, 2.45) is 0 Å². The molecule has 3 aromatic rings. The van der Waals surface area contributed by atoms with E-state index in [0.717, 1.165) is 28.0 Å². The smallest absolute Gasteiger partial charge is 0.347 e. The van der Waals surface area contributed by atoms with Crippen LogP contribution in [0.1, 0.15) is 48.8 Å². The summed E-state index contributed by atoms with van der Waals surface area (Å²) < 4.78 is 5.56. The molecule has 4 heteroatoms. The molecule has 0 saturated heterocycles. The van der Waals surface area contributed by atoms with Crippen LogP contribution in [0.25, 0.3) is 11.1 Å². The minimum absolute atomic E-state index is 0.0177. The van der Waals surface area contributed by atoms with E-state index in [0.29, 0.717) is 12.2 Å². The number of hydrogen-bond donors (Lipinski definition) is 1. The Morgan fingerprint density at radius 3 is 2.07 bits per heavy atom. The van der Waals surface area contributed by atoms with Crippen LogP contribution in [0.5, 0.6) is 5.75 Å². The molecule has 3 rings (SSSR count). The van der Waals surface area contributed by atoms with Crippen molar-refractivity contribution in [3.8, 4) is 16.9 Å². The number of aryl methyl sites for hydroxylation is 4. The molecular weight excluding hydrogens is 392 g/mol. The molecule has 0 saturated carbocycles. The highest BCUT2D eigenvalue weighted by Gasteiger charge is 2.18. The second-order valence-corrected chi connectivity index (χ2v) is 10.1. The molecule has 0 radical (unpaired) electrons. The molecule has 30 heavy (non-hydrogen) atoms. The first-order valence-electron chi connectivity index (χ1n) is 10.2. The minimum atomic E-state index is -0.486. The molecule has 2 aromatic carbocycles. The van der Waals surface area contributed by atoms with Crippen molar-refractivity contribution in [2.45, 2.75) is 58.3 Å². The summed E-state index contributed by atoms with van der Waals surface area (Å²) in [5, 5.41) is 10.6. The Hall–Kier alpha value is -2.46. The van der Waals surface area contributed by atoms with Gasteiger partial charge < -0.3 is 9.52 Å². The monoisotopic (exact) mass is 422 g/mol. The van der Waals surface area contributed by atoms with Crippen LogP contribution in [-0.4, -0.2) is 10.9 Å². The van der Waals surface area contributed by atoms with Crippen molar-refractivity contribution >= 4 is 11.8 Å². The van der Waals surface area contributed by atoms with E-state index in [4.69, 9.17) is 4.42 Å². The quantitative estimate of drug-likeness (QED) is 0.472. The maximum atomic E-state index is 12.7. The average Bonchev–Trinajstić information content (AvgIpc) is 2.63. The van der Waals surface area contributed by atoms with Crippen LogP contribution >= 0.6 is 11.8 Å². The Labute approximate surface area is 183 Å². The molecule has 1 heterocycles. The van der Waals surface area contributed by atoms with Gasteiger partial charge in [-0.2, -0.15) is 0 Å². The molecular formula is C26H30O3S. The number of hydrogen-bond acceptors (Lipinski definition) is 4. The zero-order chi connectivity index (χ0) is 22.1. The third-order valence-electron chi connectivity index (χ3n) is 5.25. The molecule has 0 fully saturated rings. The van der Waals surface area contributed by atoms with E-state index in [9.17, 15) is 9.90 Å². The van der Waals surface area contributed by atoms with Crippen molar-refractivity contribution in [2.75, 3.05) is 5.75 Å². The molecule has 0 unspecified atom stereocenters. The van der Waals surface area contributed by atoms with Crippen molar-refractivity contribution in [3.05, 3.63) is 80.9 Å².